The number of carbonyl (C=O) groups is 2. The van der Waals surface area contributed by atoms with Crippen LogP contribution in [0.3, 0.4) is 0 Å². The third kappa shape index (κ3) is 4.67. The normalized spacial score (nSPS) is 10.5. The zero-order valence-corrected chi connectivity index (χ0v) is 12.8. The number of hydrazone groups is 1. The van der Waals surface area contributed by atoms with Crippen molar-refractivity contribution in [1.82, 2.24) is 20.7 Å². The van der Waals surface area contributed by atoms with Crippen LogP contribution < -0.4 is 15.5 Å². The smallest absolute Gasteiger partial charge is 0.259 e. The lowest BCUT2D eigenvalue weighted by molar-refractivity contribution is -0.120. The van der Waals surface area contributed by atoms with Crippen molar-refractivity contribution >= 4 is 18.0 Å². The van der Waals surface area contributed by atoms with Gasteiger partial charge in [0.1, 0.15) is 11.4 Å². The SMILES string of the molecule is COc1ccc(C(=O)NCC(=O)N/N=C/c2nc[nH]c2C)cc1. The number of nitrogens with zero attached hydrogens (tertiary/aromatic N) is 2. The summed E-state index contributed by atoms with van der Waals surface area (Å²) in [5.74, 6) is -0.131. The Labute approximate surface area is 133 Å². The molecule has 0 radical (unpaired) electrons. The molecule has 8 heteroatoms. The number of amides is 2. The number of nitrogens with one attached hydrogen (secondary N) is 3. The largest absolute Gasteiger partial charge is 0.497 e. The van der Waals surface area contributed by atoms with Crippen LogP contribution >= 0.6 is 0 Å². The Hall–Kier alpha value is -3.16. The summed E-state index contributed by atoms with van der Waals surface area (Å²) in [6, 6.07) is 6.58. The van der Waals surface area contributed by atoms with Gasteiger partial charge in [-0.05, 0) is 31.2 Å². The lowest BCUT2D eigenvalue weighted by Crippen LogP contribution is -2.34. The van der Waals surface area contributed by atoms with E-state index in [0.29, 0.717) is 17.0 Å². The van der Waals surface area contributed by atoms with Gasteiger partial charge in [0.2, 0.25) is 0 Å². The summed E-state index contributed by atoms with van der Waals surface area (Å²) in [5, 5.41) is 6.28. The van der Waals surface area contributed by atoms with Crippen LogP contribution in [0.4, 0.5) is 0 Å². The van der Waals surface area contributed by atoms with E-state index in [1.165, 1.54) is 12.5 Å². The Bertz CT molecular complexity index is 706. The van der Waals surface area contributed by atoms with Gasteiger partial charge in [-0.3, -0.25) is 9.59 Å². The Morgan fingerprint density at radius 1 is 1.35 bits per heavy atom. The third-order valence-electron chi connectivity index (χ3n) is 3.01. The van der Waals surface area contributed by atoms with E-state index in [9.17, 15) is 9.59 Å². The summed E-state index contributed by atoms with van der Waals surface area (Å²) in [4.78, 5) is 30.4. The minimum Gasteiger partial charge on any atom is -0.497 e. The molecule has 1 aromatic carbocycles. The first-order chi connectivity index (χ1) is 11.1. The number of imidazole rings is 1. The molecule has 1 heterocycles. The number of H-pyrrole nitrogens is 1. The molecule has 2 rings (SSSR count). The van der Waals surface area contributed by atoms with Crippen molar-refractivity contribution in [2.75, 3.05) is 13.7 Å². The number of aromatic nitrogens is 2. The summed E-state index contributed by atoms with van der Waals surface area (Å²) in [6.45, 7) is 1.66. The highest BCUT2D eigenvalue weighted by Gasteiger charge is 2.07. The predicted molar refractivity (Wildman–Crippen MR) is 84.4 cm³/mol. The highest BCUT2D eigenvalue weighted by Crippen LogP contribution is 2.10. The molecule has 0 saturated heterocycles. The van der Waals surface area contributed by atoms with Gasteiger partial charge in [0.25, 0.3) is 11.8 Å². The van der Waals surface area contributed by atoms with Crippen molar-refractivity contribution in [2.24, 2.45) is 5.10 Å². The maximum atomic E-state index is 11.9. The second-order valence-corrected chi connectivity index (χ2v) is 4.62. The summed E-state index contributed by atoms with van der Waals surface area (Å²) < 4.78 is 5.01. The van der Waals surface area contributed by atoms with E-state index in [-0.39, 0.29) is 12.5 Å². The lowest BCUT2D eigenvalue weighted by atomic mass is 10.2. The zero-order valence-electron chi connectivity index (χ0n) is 12.8. The van der Waals surface area contributed by atoms with Gasteiger partial charge in [0.05, 0.1) is 26.2 Å². The van der Waals surface area contributed by atoms with Crippen LogP contribution in [0.25, 0.3) is 0 Å². The molecule has 0 aliphatic carbocycles. The number of benzene rings is 1. The van der Waals surface area contributed by atoms with Gasteiger partial charge < -0.3 is 15.0 Å². The van der Waals surface area contributed by atoms with Gasteiger partial charge in [-0.1, -0.05) is 0 Å². The highest BCUT2D eigenvalue weighted by molar-refractivity contribution is 5.96. The van der Waals surface area contributed by atoms with E-state index in [0.717, 1.165) is 5.69 Å². The van der Waals surface area contributed by atoms with Gasteiger partial charge in [0.15, 0.2) is 0 Å². The number of aryl methyl sites for hydroxylation is 1. The van der Waals surface area contributed by atoms with Crippen LogP contribution in [0.1, 0.15) is 21.7 Å². The molecular weight excluding hydrogens is 298 g/mol. The lowest BCUT2D eigenvalue weighted by Gasteiger charge is -2.05. The maximum absolute atomic E-state index is 11.9. The number of hydrogen-bond donors (Lipinski definition) is 3. The Kier molecular flexibility index (Phi) is 5.45. The van der Waals surface area contributed by atoms with Crippen molar-refractivity contribution in [3.63, 3.8) is 0 Å². The van der Waals surface area contributed by atoms with Gasteiger partial charge in [-0.2, -0.15) is 5.10 Å². The van der Waals surface area contributed by atoms with Crippen molar-refractivity contribution in [2.45, 2.75) is 6.92 Å². The van der Waals surface area contributed by atoms with Gasteiger partial charge in [-0.25, -0.2) is 10.4 Å². The molecule has 0 saturated carbocycles. The Morgan fingerprint density at radius 3 is 2.70 bits per heavy atom. The molecule has 0 aliphatic rings. The molecule has 3 N–H and O–H groups in total. The van der Waals surface area contributed by atoms with Crippen LogP contribution in [0.2, 0.25) is 0 Å². The fourth-order valence-corrected chi connectivity index (χ4v) is 1.71. The van der Waals surface area contributed by atoms with Gasteiger partial charge in [0, 0.05) is 11.3 Å². The molecule has 2 aromatic rings. The summed E-state index contributed by atoms with van der Waals surface area (Å²) in [5.41, 5.74) is 4.23. The number of methoxy groups -OCH3 is 1. The first kappa shape index (κ1) is 16.2. The topological polar surface area (TPSA) is 108 Å². The van der Waals surface area contributed by atoms with Crippen LogP contribution in [0, 0.1) is 6.92 Å². The summed E-state index contributed by atoms with van der Waals surface area (Å²) >= 11 is 0. The molecule has 120 valence electrons. The Morgan fingerprint density at radius 2 is 2.09 bits per heavy atom. The number of ether oxygens (including phenoxy) is 1. The summed E-state index contributed by atoms with van der Waals surface area (Å²) in [6.07, 6.45) is 2.96. The van der Waals surface area contributed by atoms with Crippen molar-refractivity contribution in [3.8, 4) is 5.75 Å². The predicted octanol–water partition coefficient (Wildman–Crippen LogP) is 0.607. The quantitative estimate of drug-likeness (QED) is 0.536. The van der Waals surface area contributed by atoms with Crippen molar-refractivity contribution < 1.29 is 14.3 Å². The first-order valence-corrected chi connectivity index (χ1v) is 6.84. The standard InChI is InChI=1S/C15H17N5O3/c1-10-13(18-9-17-10)7-19-20-14(21)8-16-15(22)11-3-5-12(23-2)6-4-11/h3-7,9H,8H2,1-2H3,(H,16,22)(H,17,18)(H,20,21)/b19-7+. The molecule has 8 nitrogen and oxygen atoms in total. The highest BCUT2D eigenvalue weighted by atomic mass is 16.5. The van der Waals surface area contributed by atoms with E-state index in [1.54, 1.807) is 31.4 Å². The van der Waals surface area contributed by atoms with E-state index in [4.69, 9.17) is 4.74 Å². The van der Waals surface area contributed by atoms with E-state index < -0.39 is 5.91 Å². The van der Waals surface area contributed by atoms with E-state index >= 15 is 0 Å². The van der Waals surface area contributed by atoms with E-state index in [2.05, 4.69) is 25.8 Å². The average molecular weight is 315 g/mol. The first-order valence-electron chi connectivity index (χ1n) is 6.84. The number of carbonyl (C=O) groups excluding carboxylic acids is 2. The third-order valence-corrected chi connectivity index (χ3v) is 3.01. The molecule has 0 unspecified atom stereocenters. The molecule has 1 aromatic heterocycles. The van der Waals surface area contributed by atoms with E-state index in [1.807, 2.05) is 6.92 Å². The molecular formula is C15H17N5O3. The second-order valence-electron chi connectivity index (χ2n) is 4.62. The minimum absolute atomic E-state index is 0.179. The number of aromatic amines is 1. The average Bonchev–Trinajstić information content (AvgIpc) is 2.98. The number of rotatable bonds is 6. The minimum atomic E-state index is -0.434. The van der Waals surface area contributed by atoms with Gasteiger partial charge >= 0.3 is 0 Å². The van der Waals surface area contributed by atoms with Gasteiger partial charge in [-0.15, -0.1) is 0 Å². The monoisotopic (exact) mass is 315 g/mol. The number of hydrogen-bond acceptors (Lipinski definition) is 5. The van der Waals surface area contributed by atoms with Crippen LogP contribution in [-0.4, -0.2) is 41.7 Å². The van der Waals surface area contributed by atoms with Crippen LogP contribution in [-0.2, 0) is 4.79 Å². The summed E-state index contributed by atoms with van der Waals surface area (Å²) in [7, 11) is 1.55. The maximum Gasteiger partial charge on any atom is 0.259 e. The van der Waals surface area contributed by atoms with Crippen molar-refractivity contribution in [1.29, 1.82) is 0 Å². The van der Waals surface area contributed by atoms with Crippen LogP contribution in [0.15, 0.2) is 35.7 Å². The fourth-order valence-electron chi connectivity index (χ4n) is 1.71. The molecule has 0 spiro atoms. The molecule has 0 aliphatic heterocycles. The molecule has 23 heavy (non-hydrogen) atoms. The fraction of sp³-hybridized carbons (Fsp3) is 0.200. The molecule has 0 atom stereocenters. The molecule has 0 fully saturated rings. The molecule has 2 amide bonds. The second kappa shape index (κ2) is 7.74. The Balaban J connectivity index is 1.78. The zero-order chi connectivity index (χ0) is 16.7. The van der Waals surface area contributed by atoms with Crippen LogP contribution in [0.5, 0.6) is 5.75 Å². The molecule has 0 bridgehead atoms. The van der Waals surface area contributed by atoms with Crippen molar-refractivity contribution in [3.05, 3.63) is 47.5 Å².